The second-order valence-corrected chi connectivity index (χ2v) is 7.89. The molecule has 4 rings (SSSR count). The van der Waals surface area contributed by atoms with Gasteiger partial charge in [-0.1, -0.05) is 60.7 Å². The van der Waals surface area contributed by atoms with Gasteiger partial charge in [-0.25, -0.2) is 9.59 Å². The molecule has 7 nitrogen and oxygen atoms in total. The molecular formula is C26H23F2NO6. The number of para-hydroxylation sites is 1. The number of alkyl carbamates (subject to hydrolysis) is 1. The van der Waals surface area contributed by atoms with Crippen molar-refractivity contribution >= 4 is 12.1 Å². The predicted octanol–water partition coefficient (Wildman–Crippen LogP) is 4.83. The lowest BCUT2D eigenvalue weighted by Crippen LogP contribution is -2.43. The summed E-state index contributed by atoms with van der Waals surface area (Å²) >= 11 is 0. The van der Waals surface area contributed by atoms with Gasteiger partial charge in [-0.05, 0) is 28.3 Å². The summed E-state index contributed by atoms with van der Waals surface area (Å²) in [5, 5.41) is 11.9. The lowest BCUT2D eigenvalue weighted by atomic mass is 9.98. The van der Waals surface area contributed by atoms with E-state index in [-0.39, 0.29) is 36.0 Å². The van der Waals surface area contributed by atoms with E-state index >= 15 is 0 Å². The Morgan fingerprint density at radius 2 is 1.60 bits per heavy atom. The van der Waals surface area contributed by atoms with Crippen molar-refractivity contribution in [2.45, 2.75) is 25.0 Å². The van der Waals surface area contributed by atoms with Crippen molar-refractivity contribution in [2.24, 2.45) is 0 Å². The lowest BCUT2D eigenvalue weighted by molar-refractivity contribution is -0.139. The number of amides is 1. The molecule has 0 spiro atoms. The number of carbonyl (C=O) groups excluding carboxylic acids is 1. The molecule has 0 radical (unpaired) electrons. The van der Waals surface area contributed by atoms with Crippen LogP contribution in [0.4, 0.5) is 13.6 Å². The number of hydrogen-bond acceptors (Lipinski definition) is 5. The van der Waals surface area contributed by atoms with Gasteiger partial charge >= 0.3 is 18.7 Å². The molecule has 0 fully saturated rings. The molecule has 182 valence electrons. The molecule has 0 heterocycles. The first-order valence-corrected chi connectivity index (χ1v) is 10.8. The van der Waals surface area contributed by atoms with Crippen LogP contribution in [0.3, 0.4) is 0 Å². The van der Waals surface area contributed by atoms with Crippen LogP contribution in [0.25, 0.3) is 11.1 Å². The second-order valence-electron chi connectivity index (χ2n) is 7.89. The van der Waals surface area contributed by atoms with Crippen molar-refractivity contribution in [1.29, 1.82) is 0 Å². The number of rotatable bonds is 9. The third-order valence-corrected chi connectivity index (χ3v) is 5.85. The van der Waals surface area contributed by atoms with E-state index in [1.165, 1.54) is 25.3 Å². The zero-order valence-corrected chi connectivity index (χ0v) is 18.7. The number of halogens is 2. The minimum atomic E-state index is -3.14. The SMILES string of the molecule is COc1cccc(CC(NC(=O)OCC2c3ccccc3-c3ccccc32)C(=O)O)c1OC(F)F. The Bertz CT molecular complexity index is 1190. The predicted molar refractivity (Wildman–Crippen MR) is 123 cm³/mol. The summed E-state index contributed by atoms with van der Waals surface area (Å²) < 4.78 is 40.8. The van der Waals surface area contributed by atoms with Crippen LogP contribution in [0.15, 0.2) is 66.7 Å². The van der Waals surface area contributed by atoms with E-state index in [9.17, 15) is 23.5 Å². The fraction of sp³-hybridized carbons (Fsp3) is 0.231. The summed E-state index contributed by atoms with van der Waals surface area (Å²) in [6, 6.07) is 18.5. The first kappa shape index (κ1) is 24.0. The highest BCUT2D eigenvalue weighted by molar-refractivity contribution is 5.81. The van der Waals surface area contributed by atoms with E-state index in [1.807, 2.05) is 48.5 Å². The number of methoxy groups -OCH3 is 1. The molecule has 1 aliphatic rings. The Balaban J connectivity index is 1.46. The molecule has 1 atom stereocenters. The van der Waals surface area contributed by atoms with E-state index in [0.29, 0.717) is 0 Å². The summed E-state index contributed by atoms with van der Waals surface area (Å²) in [4.78, 5) is 24.4. The third-order valence-electron chi connectivity index (χ3n) is 5.85. The number of nitrogens with one attached hydrogen (secondary N) is 1. The highest BCUT2D eigenvalue weighted by atomic mass is 19.3. The molecule has 3 aromatic carbocycles. The van der Waals surface area contributed by atoms with Crippen molar-refractivity contribution in [3.63, 3.8) is 0 Å². The molecule has 0 saturated heterocycles. The maximum atomic E-state index is 12.9. The van der Waals surface area contributed by atoms with Gasteiger partial charge in [0.2, 0.25) is 0 Å². The molecule has 0 saturated carbocycles. The fourth-order valence-electron chi connectivity index (χ4n) is 4.31. The van der Waals surface area contributed by atoms with E-state index in [1.54, 1.807) is 0 Å². The normalized spacial score (nSPS) is 13.0. The van der Waals surface area contributed by atoms with Gasteiger partial charge in [-0.2, -0.15) is 8.78 Å². The van der Waals surface area contributed by atoms with Gasteiger partial charge in [-0.3, -0.25) is 0 Å². The van der Waals surface area contributed by atoms with E-state index in [4.69, 9.17) is 9.47 Å². The number of ether oxygens (including phenoxy) is 3. The van der Waals surface area contributed by atoms with Gasteiger partial charge in [0.15, 0.2) is 11.5 Å². The number of hydrogen-bond donors (Lipinski definition) is 2. The third kappa shape index (κ3) is 5.18. The number of fused-ring (bicyclic) bond motifs is 3. The molecule has 0 aromatic heterocycles. The summed E-state index contributed by atoms with van der Waals surface area (Å²) in [7, 11) is 1.28. The molecular weight excluding hydrogens is 460 g/mol. The van der Waals surface area contributed by atoms with E-state index < -0.39 is 24.7 Å². The molecule has 2 N–H and O–H groups in total. The molecule has 0 aliphatic heterocycles. The van der Waals surface area contributed by atoms with E-state index in [2.05, 4.69) is 10.1 Å². The van der Waals surface area contributed by atoms with Crippen LogP contribution in [0.5, 0.6) is 11.5 Å². The molecule has 1 unspecified atom stereocenters. The van der Waals surface area contributed by atoms with Crippen LogP contribution in [0.1, 0.15) is 22.6 Å². The van der Waals surface area contributed by atoms with Gasteiger partial charge < -0.3 is 24.6 Å². The maximum Gasteiger partial charge on any atom is 0.407 e. The molecule has 1 amide bonds. The number of carboxylic acid groups (broad SMARTS) is 1. The maximum absolute atomic E-state index is 12.9. The molecule has 3 aromatic rings. The number of aliphatic carboxylic acids is 1. The van der Waals surface area contributed by atoms with Gasteiger partial charge in [0, 0.05) is 17.9 Å². The zero-order chi connectivity index (χ0) is 24.9. The number of benzene rings is 3. The summed E-state index contributed by atoms with van der Waals surface area (Å²) in [6.45, 7) is -3.13. The van der Waals surface area contributed by atoms with Crippen LogP contribution >= 0.6 is 0 Å². The number of carboxylic acids is 1. The monoisotopic (exact) mass is 483 g/mol. The first-order valence-electron chi connectivity index (χ1n) is 10.8. The molecule has 0 bridgehead atoms. The van der Waals surface area contributed by atoms with Gasteiger partial charge in [0.05, 0.1) is 7.11 Å². The fourth-order valence-corrected chi connectivity index (χ4v) is 4.31. The average molecular weight is 483 g/mol. The Hall–Kier alpha value is -4.14. The Labute approximate surface area is 200 Å². The lowest BCUT2D eigenvalue weighted by Gasteiger charge is -2.19. The molecule has 9 heteroatoms. The molecule has 35 heavy (non-hydrogen) atoms. The second kappa shape index (κ2) is 10.4. The Kier molecular flexibility index (Phi) is 7.14. The highest BCUT2D eigenvalue weighted by Gasteiger charge is 2.30. The minimum Gasteiger partial charge on any atom is -0.493 e. The smallest absolute Gasteiger partial charge is 0.407 e. The zero-order valence-electron chi connectivity index (χ0n) is 18.7. The van der Waals surface area contributed by atoms with Gasteiger partial charge in [0.25, 0.3) is 0 Å². The van der Waals surface area contributed by atoms with Crippen LogP contribution in [-0.2, 0) is 16.0 Å². The quantitative estimate of drug-likeness (QED) is 0.453. The van der Waals surface area contributed by atoms with Crippen molar-refractivity contribution in [2.75, 3.05) is 13.7 Å². The average Bonchev–Trinajstić information content (AvgIpc) is 3.16. The Morgan fingerprint density at radius 1 is 0.971 bits per heavy atom. The van der Waals surface area contributed by atoms with Crippen molar-refractivity contribution < 1.29 is 37.7 Å². The van der Waals surface area contributed by atoms with Gasteiger partial charge in [-0.15, -0.1) is 0 Å². The van der Waals surface area contributed by atoms with Crippen LogP contribution in [0, 0.1) is 0 Å². The van der Waals surface area contributed by atoms with Crippen LogP contribution in [-0.4, -0.2) is 43.5 Å². The summed E-state index contributed by atoms with van der Waals surface area (Å²) in [5.74, 6) is -1.82. The minimum absolute atomic E-state index is 0.00506. The summed E-state index contributed by atoms with van der Waals surface area (Å²) in [5.41, 5.74) is 4.29. The number of alkyl halides is 2. The summed E-state index contributed by atoms with van der Waals surface area (Å²) in [6.07, 6.45) is -1.25. The van der Waals surface area contributed by atoms with Crippen molar-refractivity contribution in [3.8, 4) is 22.6 Å². The van der Waals surface area contributed by atoms with Crippen molar-refractivity contribution in [3.05, 3.63) is 83.4 Å². The van der Waals surface area contributed by atoms with Crippen LogP contribution in [0.2, 0.25) is 0 Å². The Morgan fingerprint density at radius 3 is 2.17 bits per heavy atom. The number of carbonyl (C=O) groups is 2. The topological polar surface area (TPSA) is 94.1 Å². The standard InChI is InChI=1S/C26H23F2NO6/c1-33-22-12-6-7-15(23(22)35-25(27)28)13-21(24(30)31)29-26(32)34-14-20-18-10-4-2-8-16(18)17-9-3-5-11-19(17)20/h2-12,20-21,25H,13-14H2,1H3,(H,29,32)(H,30,31). The van der Waals surface area contributed by atoms with Gasteiger partial charge in [0.1, 0.15) is 12.6 Å². The van der Waals surface area contributed by atoms with E-state index in [0.717, 1.165) is 22.3 Å². The first-order chi connectivity index (χ1) is 16.9. The highest BCUT2D eigenvalue weighted by Crippen LogP contribution is 2.44. The largest absolute Gasteiger partial charge is 0.493 e. The van der Waals surface area contributed by atoms with Crippen LogP contribution < -0.4 is 14.8 Å². The van der Waals surface area contributed by atoms with Crippen molar-refractivity contribution in [1.82, 2.24) is 5.32 Å². The molecule has 1 aliphatic carbocycles.